The molecule has 20 heavy (non-hydrogen) atoms. The van der Waals surface area contributed by atoms with Gasteiger partial charge in [-0.05, 0) is 26.2 Å². The lowest BCUT2D eigenvalue weighted by molar-refractivity contribution is 0.128. The van der Waals surface area contributed by atoms with Gasteiger partial charge in [0, 0.05) is 25.3 Å². The van der Waals surface area contributed by atoms with E-state index in [-0.39, 0.29) is 0 Å². The third kappa shape index (κ3) is 4.05. The zero-order valence-electron chi connectivity index (χ0n) is 12.4. The summed E-state index contributed by atoms with van der Waals surface area (Å²) in [5, 5.41) is 0. The summed E-state index contributed by atoms with van der Waals surface area (Å²) in [6.07, 6.45) is 4.86. The molecule has 2 rings (SSSR count). The zero-order chi connectivity index (χ0) is 14.4. The van der Waals surface area contributed by atoms with Crippen molar-refractivity contribution in [3.05, 3.63) is 11.9 Å². The van der Waals surface area contributed by atoms with Crippen molar-refractivity contribution >= 4 is 11.6 Å². The number of aromatic nitrogens is 2. The highest BCUT2D eigenvalue weighted by Gasteiger charge is 2.30. The lowest BCUT2D eigenvalue weighted by Crippen LogP contribution is -2.28. The lowest BCUT2D eigenvalue weighted by atomic mass is 10.3. The van der Waals surface area contributed by atoms with Crippen LogP contribution in [0.1, 0.15) is 45.4 Å². The number of nitrogen functional groups attached to an aromatic ring is 1. The number of anilines is 2. The van der Waals surface area contributed by atoms with E-state index in [1.165, 1.54) is 25.7 Å². The van der Waals surface area contributed by atoms with Crippen LogP contribution in [0.2, 0.25) is 0 Å². The molecule has 112 valence electrons. The summed E-state index contributed by atoms with van der Waals surface area (Å²) in [7, 11) is 0. The molecule has 3 N–H and O–H groups in total. The van der Waals surface area contributed by atoms with Crippen LogP contribution in [0, 0.1) is 0 Å². The molecule has 0 aliphatic heterocycles. The maximum absolute atomic E-state index is 5.51. The van der Waals surface area contributed by atoms with Gasteiger partial charge in [0.1, 0.15) is 18.2 Å². The molecule has 0 unspecified atom stereocenters. The van der Waals surface area contributed by atoms with Crippen LogP contribution in [0.4, 0.5) is 11.6 Å². The van der Waals surface area contributed by atoms with Gasteiger partial charge in [0.15, 0.2) is 5.82 Å². The highest BCUT2D eigenvalue weighted by atomic mass is 16.5. The summed E-state index contributed by atoms with van der Waals surface area (Å²) in [6, 6.07) is 2.55. The maximum Gasteiger partial charge on any atom is 0.158 e. The van der Waals surface area contributed by atoms with Gasteiger partial charge < -0.3 is 15.1 Å². The number of nitrogens with two attached hydrogens (primary N) is 1. The summed E-state index contributed by atoms with van der Waals surface area (Å²) in [4.78, 5) is 11.3. The van der Waals surface area contributed by atoms with Crippen LogP contribution in [-0.2, 0) is 11.3 Å². The van der Waals surface area contributed by atoms with Crippen LogP contribution in [0.5, 0.6) is 0 Å². The molecule has 0 atom stereocenters. The van der Waals surface area contributed by atoms with E-state index in [4.69, 9.17) is 10.6 Å². The van der Waals surface area contributed by atoms with Crippen molar-refractivity contribution in [1.82, 2.24) is 9.97 Å². The predicted octanol–water partition coefficient (Wildman–Crippen LogP) is 2.07. The molecular formula is C14H25N5O. The minimum Gasteiger partial charge on any atom is -0.374 e. The Kier molecular flexibility index (Phi) is 5.55. The molecule has 0 aromatic carbocycles. The van der Waals surface area contributed by atoms with Gasteiger partial charge in [-0.25, -0.2) is 15.8 Å². The Morgan fingerprint density at radius 2 is 2.20 bits per heavy atom. The molecule has 1 heterocycles. The Bertz CT molecular complexity index is 422. The molecule has 0 amide bonds. The molecule has 0 saturated heterocycles. The summed E-state index contributed by atoms with van der Waals surface area (Å²) >= 11 is 0. The molecule has 1 aliphatic carbocycles. The monoisotopic (exact) mass is 279 g/mol. The van der Waals surface area contributed by atoms with Crippen molar-refractivity contribution in [2.24, 2.45) is 5.84 Å². The van der Waals surface area contributed by atoms with E-state index in [1.807, 2.05) is 13.0 Å². The fraction of sp³-hybridized carbons (Fsp3) is 0.714. The van der Waals surface area contributed by atoms with Crippen LogP contribution in [0.25, 0.3) is 0 Å². The standard InChI is InChI=1S/C14H25N5O/c1-3-5-8-19(11-6-7-11)14-9-12(18-15)16-13(17-14)10-20-4-2/h9,11H,3-8,10,15H2,1-2H3,(H,16,17,18). The summed E-state index contributed by atoms with van der Waals surface area (Å²) in [5.74, 6) is 7.79. The van der Waals surface area contributed by atoms with Crippen LogP contribution in [0.15, 0.2) is 6.07 Å². The van der Waals surface area contributed by atoms with E-state index in [0.29, 0.717) is 30.9 Å². The first-order valence-electron chi connectivity index (χ1n) is 7.47. The van der Waals surface area contributed by atoms with Crippen molar-refractivity contribution in [3.63, 3.8) is 0 Å². The number of hydrogen-bond acceptors (Lipinski definition) is 6. The Morgan fingerprint density at radius 3 is 2.80 bits per heavy atom. The highest BCUT2D eigenvalue weighted by molar-refractivity contribution is 5.50. The van der Waals surface area contributed by atoms with Gasteiger partial charge in [0.2, 0.25) is 0 Å². The van der Waals surface area contributed by atoms with Crippen LogP contribution < -0.4 is 16.2 Å². The lowest BCUT2D eigenvalue weighted by Gasteiger charge is -2.24. The van der Waals surface area contributed by atoms with Gasteiger partial charge in [-0.2, -0.15) is 0 Å². The van der Waals surface area contributed by atoms with E-state index < -0.39 is 0 Å². The molecule has 0 spiro atoms. The fourth-order valence-corrected chi connectivity index (χ4v) is 2.16. The topological polar surface area (TPSA) is 76.3 Å². The number of hydrazine groups is 1. The van der Waals surface area contributed by atoms with Gasteiger partial charge in [0.25, 0.3) is 0 Å². The number of unbranched alkanes of at least 4 members (excludes halogenated alkanes) is 1. The van der Waals surface area contributed by atoms with Gasteiger partial charge >= 0.3 is 0 Å². The molecule has 6 nitrogen and oxygen atoms in total. The first-order chi connectivity index (χ1) is 9.78. The maximum atomic E-state index is 5.51. The smallest absolute Gasteiger partial charge is 0.158 e. The minimum absolute atomic E-state index is 0.422. The molecule has 0 bridgehead atoms. The largest absolute Gasteiger partial charge is 0.374 e. The van der Waals surface area contributed by atoms with Gasteiger partial charge in [-0.3, -0.25) is 0 Å². The zero-order valence-corrected chi connectivity index (χ0v) is 12.4. The van der Waals surface area contributed by atoms with E-state index in [0.717, 1.165) is 12.4 Å². The van der Waals surface area contributed by atoms with Gasteiger partial charge in [0.05, 0.1) is 0 Å². The number of nitrogens with zero attached hydrogens (tertiary/aromatic N) is 3. The second-order valence-corrected chi connectivity index (χ2v) is 5.09. The SMILES string of the molecule is CCCCN(c1cc(NN)nc(COCC)n1)C1CC1. The van der Waals surface area contributed by atoms with Gasteiger partial charge in [-0.15, -0.1) is 0 Å². The second-order valence-electron chi connectivity index (χ2n) is 5.09. The molecule has 1 fully saturated rings. The first kappa shape index (κ1) is 15.0. The number of hydrogen-bond donors (Lipinski definition) is 2. The van der Waals surface area contributed by atoms with Crippen molar-refractivity contribution in [2.75, 3.05) is 23.5 Å². The van der Waals surface area contributed by atoms with Crippen LogP contribution in [-0.4, -0.2) is 29.2 Å². The Balaban J connectivity index is 2.18. The number of ether oxygens (including phenoxy) is 1. The number of rotatable bonds is 9. The fourth-order valence-electron chi connectivity index (χ4n) is 2.16. The van der Waals surface area contributed by atoms with E-state index in [2.05, 4.69) is 27.2 Å². The summed E-state index contributed by atoms with van der Waals surface area (Å²) < 4.78 is 5.40. The van der Waals surface area contributed by atoms with Gasteiger partial charge in [-0.1, -0.05) is 13.3 Å². The average molecular weight is 279 g/mol. The second kappa shape index (κ2) is 7.40. The normalized spacial score (nSPS) is 14.3. The summed E-state index contributed by atoms with van der Waals surface area (Å²) in [6.45, 7) is 6.28. The molecule has 6 heteroatoms. The van der Waals surface area contributed by atoms with E-state index in [1.54, 1.807) is 0 Å². The Hall–Kier alpha value is -1.40. The first-order valence-corrected chi connectivity index (χ1v) is 7.47. The molecule has 1 aliphatic rings. The molecule has 1 aromatic rings. The number of nitrogens with one attached hydrogen (secondary N) is 1. The van der Waals surface area contributed by atoms with Crippen molar-refractivity contribution < 1.29 is 4.74 Å². The van der Waals surface area contributed by atoms with Crippen LogP contribution in [0.3, 0.4) is 0 Å². The predicted molar refractivity (Wildman–Crippen MR) is 80.4 cm³/mol. The van der Waals surface area contributed by atoms with E-state index >= 15 is 0 Å². The summed E-state index contributed by atoms with van der Waals surface area (Å²) in [5.41, 5.74) is 2.62. The molecule has 0 radical (unpaired) electrons. The third-order valence-corrected chi connectivity index (χ3v) is 3.38. The quantitative estimate of drug-likeness (QED) is 0.532. The molecular weight excluding hydrogens is 254 g/mol. The van der Waals surface area contributed by atoms with Crippen molar-refractivity contribution in [2.45, 2.75) is 52.2 Å². The van der Waals surface area contributed by atoms with Crippen molar-refractivity contribution in [3.8, 4) is 0 Å². The van der Waals surface area contributed by atoms with E-state index in [9.17, 15) is 0 Å². The van der Waals surface area contributed by atoms with Crippen LogP contribution >= 0.6 is 0 Å². The highest BCUT2D eigenvalue weighted by Crippen LogP contribution is 2.31. The molecule has 1 saturated carbocycles. The third-order valence-electron chi connectivity index (χ3n) is 3.38. The average Bonchev–Trinajstić information content (AvgIpc) is 3.30. The Labute approximate surface area is 120 Å². The Morgan fingerprint density at radius 1 is 1.40 bits per heavy atom. The minimum atomic E-state index is 0.422. The van der Waals surface area contributed by atoms with Crippen molar-refractivity contribution in [1.29, 1.82) is 0 Å². The molecule has 1 aromatic heterocycles.